The summed E-state index contributed by atoms with van der Waals surface area (Å²) in [5.41, 5.74) is 0. The number of unbranched alkanes of at least 4 members (excludes halogenated alkanes) is 30. The van der Waals surface area contributed by atoms with Crippen LogP contribution in [0.2, 0.25) is 0 Å². The van der Waals surface area contributed by atoms with Gasteiger partial charge in [-0.1, -0.05) is 249 Å². The molecule has 0 unspecified atom stereocenters. The Bertz CT molecular complexity index is 1110. The molecule has 0 aliphatic carbocycles. The Kier molecular flexibility index (Phi) is 49.8. The SMILES string of the molecule is CCCCC/C=C\C/C=C\C/C=C\C/C=C\CCCC(=O)O[C@H](COC(=O)CCCCCCCCCCCC)COC(=O)CCCCCCCCCCCCCCCCCCCC. The summed E-state index contributed by atoms with van der Waals surface area (Å²) in [5.74, 6) is -0.938. The van der Waals surface area contributed by atoms with Gasteiger partial charge in [0.25, 0.3) is 0 Å². The summed E-state index contributed by atoms with van der Waals surface area (Å²) in [7, 11) is 0. The quantitative estimate of drug-likeness (QED) is 0.0262. The van der Waals surface area contributed by atoms with E-state index in [9.17, 15) is 14.4 Å². The van der Waals surface area contributed by atoms with Gasteiger partial charge in [0.15, 0.2) is 6.10 Å². The highest BCUT2D eigenvalue weighted by molar-refractivity contribution is 5.71. The molecule has 1 atom stereocenters. The topological polar surface area (TPSA) is 78.9 Å². The summed E-state index contributed by atoms with van der Waals surface area (Å²) in [6.45, 7) is 6.58. The zero-order chi connectivity index (χ0) is 45.8. The van der Waals surface area contributed by atoms with E-state index in [1.54, 1.807) is 0 Å². The van der Waals surface area contributed by atoms with Crippen molar-refractivity contribution in [3.63, 3.8) is 0 Å². The van der Waals surface area contributed by atoms with Crippen molar-refractivity contribution in [2.45, 2.75) is 284 Å². The number of hydrogen-bond acceptors (Lipinski definition) is 6. The summed E-state index contributed by atoms with van der Waals surface area (Å²) in [5, 5.41) is 0. The molecular formula is C57H102O6. The highest BCUT2D eigenvalue weighted by atomic mass is 16.6. The highest BCUT2D eigenvalue weighted by Crippen LogP contribution is 2.16. The molecule has 0 aliphatic rings. The zero-order valence-corrected chi connectivity index (χ0v) is 41.8. The van der Waals surface area contributed by atoms with Gasteiger partial charge in [0.2, 0.25) is 0 Å². The summed E-state index contributed by atoms with van der Waals surface area (Å²) >= 11 is 0. The van der Waals surface area contributed by atoms with Crippen LogP contribution in [0, 0.1) is 0 Å². The molecule has 0 heterocycles. The van der Waals surface area contributed by atoms with E-state index in [1.165, 1.54) is 167 Å². The molecule has 0 aromatic carbocycles. The van der Waals surface area contributed by atoms with E-state index in [0.717, 1.165) is 64.2 Å². The van der Waals surface area contributed by atoms with Crippen molar-refractivity contribution in [1.29, 1.82) is 0 Å². The third-order valence-electron chi connectivity index (χ3n) is 11.8. The van der Waals surface area contributed by atoms with Crippen LogP contribution in [0.15, 0.2) is 48.6 Å². The van der Waals surface area contributed by atoms with Crippen LogP contribution in [-0.4, -0.2) is 37.2 Å². The second-order valence-corrected chi connectivity index (χ2v) is 18.2. The Morgan fingerprint density at radius 1 is 0.317 bits per heavy atom. The molecule has 0 aromatic rings. The van der Waals surface area contributed by atoms with Crippen LogP contribution in [0.3, 0.4) is 0 Å². The molecule has 0 aromatic heterocycles. The third-order valence-corrected chi connectivity index (χ3v) is 11.8. The van der Waals surface area contributed by atoms with Crippen molar-refractivity contribution in [3.8, 4) is 0 Å². The van der Waals surface area contributed by atoms with Crippen LogP contribution in [0.1, 0.15) is 278 Å². The maximum Gasteiger partial charge on any atom is 0.306 e. The van der Waals surface area contributed by atoms with Gasteiger partial charge in [-0.25, -0.2) is 0 Å². The predicted octanol–water partition coefficient (Wildman–Crippen LogP) is 17.9. The lowest BCUT2D eigenvalue weighted by molar-refractivity contribution is -0.167. The zero-order valence-electron chi connectivity index (χ0n) is 41.8. The van der Waals surface area contributed by atoms with Crippen LogP contribution < -0.4 is 0 Å². The predicted molar refractivity (Wildman–Crippen MR) is 270 cm³/mol. The van der Waals surface area contributed by atoms with Crippen molar-refractivity contribution < 1.29 is 28.6 Å². The van der Waals surface area contributed by atoms with Crippen LogP contribution >= 0.6 is 0 Å². The molecule has 0 amide bonds. The smallest absolute Gasteiger partial charge is 0.306 e. The minimum Gasteiger partial charge on any atom is -0.462 e. The second kappa shape index (κ2) is 52.0. The number of ether oxygens (including phenoxy) is 3. The summed E-state index contributed by atoms with van der Waals surface area (Å²) in [6.07, 6.45) is 62.5. The van der Waals surface area contributed by atoms with E-state index in [-0.39, 0.29) is 37.5 Å². The minimum absolute atomic E-state index is 0.0909. The Labute approximate surface area is 390 Å². The molecule has 366 valence electrons. The molecule has 0 saturated carbocycles. The molecule has 0 rings (SSSR count). The normalized spacial score (nSPS) is 12.4. The maximum absolute atomic E-state index is 12.8. The average molecular weight is 883 g/mol. The van der Waals surface area contributed by atoms with Crippen molar-refractivity contribution in [2.24, 2.45) is 0 Å². The van der Waals surface area contributed by atoms with E-state index >= 15 is 0 Å². The number of carbonyl (C=O) groups is 3. The van der Waals surface area contributed by atoms with Gasteiger partial charge < -0.3 is 14.2 Å². The van der Waals surface area contributed by atoms with Gasteiger partial charge in [0.05, 0.1) is 0 Å². The molecule has 0 aliphatic heterocycles. The van der Waals surface area contributed by atoms with Crippen LogP contribution in [0.5, 0.6) is 0 Å². The van der Waals surface area contributed by atoms with Crippen LogP contribution in [0.25, 0.3) is 0 Å². The fourth-order valence-electron chi connectivity index (χ4n) is 7.73. The standard InChI is InChI=1S/C57H102O6/c1-4-7-10-13-16-19-22-24-26-28-30-31-33-35-38-41-44-47-50-56(59)62-53-54(52-61-55(58)49-46-43-40-37-21-18-15-12-9-6-3)63-57(60)51-48-45-42-39-36-34-32-29-27-25-23-20-17-14-11-8-5-2/h17,20,25,27,32,34,39,42,54H,4-16,18-19,21-24,26,28-31,33,35-38,40-41,43-53H2,1-3H3/b20-17-,27-25-,34-32-,42-39-/t54-/m1/s1. The third kappa shape index (κ3) is 50.2. The fraction of sp³-hybridized carbons (Fsp3) is 0.807. The molecule has 0 radical (unpaired) electrons. The molecule has 0 fully saturated rings. The number of rotatable bonds is 49. The van der Waals surface area contributed by atoms with E-state index in [0.29, 0.717) is 19.3 Å². The molecular weight excluding hydrogens is 781 g/mol. The van der Waals surface area contributed by atoms with Crippen LogP contribution in [-0.2, 0) is 28.6 Å². The molecule has 0 spiro atoms. The van der Waals surface area contributed by atoms with Crippen molar-refractivity contribution >= 4 is 17.9 Å². The fourth-order valence-corrected chi connectivity index (χ4v) is 7.73. The van der Waals surface area contributed by atoms with Gasteiger partial charge in [-0.2, -0.15) is 0 Å². The number of esters is 3. The van der Waals surface area contributed by atoms with Gasteiger partial charge in [0.1, 0.15) is 13.2 Å². The molecule has 6 nitrogen and oxygen atoms in total. The van der Waals surface area contributed by atoms with Crippen molar-refractivity contribution in [3.05, 3.63) is 48.6 Å². The van der Waals surface area contributed by atoms with Gasteiger partial charge in [-0.05, 0) is 57.8 Å². The van der Waals surface area contributed by atoms with Gasteiger partial charge in [0, 0.05) is 19.3 Å². The van der Waals surface area contributed by atoms with E-state index in [2.05, 4.69) is 69.4 Å². The Hall–Kier alpha value is -2.63. The van der Waals surface area contributed by atoms with Gasteiger partial charge in [-0.15, -0.1) is 0 Å². The van der Waals surface area contributed by atoms with Crippen molar-refractivity contribution in [1.82, 2.24) is 0 Å². The summed E-state index contributed by atoms with van der Waals surface area (Å²) in [4.78, 5) is 37.9. The lowest BCUT2D eigenvalue weighted by atomic mass is 10.0. The highest BCUT2D eigenvalue weighted by Gasteiger charge is 2.19. The van der Waals surface area contributed by atoms with E-state index in [4.69, 9.17) is 14.2 Å². The molecule has 0 N–H and O–H groups in total. The second-order valence-electron chi connectivity index (χ2n) is 18.2. The van der Waals surface area contributed by atoms with E-state index in [1.807, 2.05) is 0 Å². The monoisotopic (exact) mass is 883 g/mol. The number of hydrogen-bond donors (Lipinski definition) is 0. The van der Waals surface area contributed by atoms with Crippen LogP contribution in [0.4, 0.5) is 0 Å². The largest absolute Gasteiger partial charge is 0.462 e. The summed E-state index contributed by atoms with van der Waals surface area (Å²) < 4.78 is 16.8. The first kappa shape index (κ1) is 60.4. The minimum atomic E-state index is -0.796. The lowest BCUT2D eigenvalue weighted by Gasteiger charge is -2.18. The maximum atomic E-state index is 12.8. The van der Waals surface area contributed by atoms with Gasteiger partial charge in [-0.3, -0.25) is 14.4 Å². The molecule has 0 saturated heterocycles. The Balaban J connectivity index is 4.38. The first-order valence-corrected chi connectivity index (χ1v) is 27.1. The molecule has 0 bridgehead atoms. The number of allylic oxidation sites excluding steroid dienone is 8. The Morgan fingerprint density at radius 3 is 0.937 bits per heavy atom. The lowest BCUT2D eigenvalue weighted by Crippen LogP contribution is -2.30. The number of carbonyl (C=O) groups excluding carboxylic acids is 3. The first-order valence-electron chi connectivity index (χ1n) is 27.1. The van der Waals surface area contributed by atoms with E-state index < -0.39 is 6.10 Å². The summed E-state index contributed by atoms with van der Waals surface area (Å²) in [6, 6.07) is 0. The van der Waals surface area contributed by atoms with Crippen molar-refractivity contribution in [2.75, 3.05) is 13.2 Å². The average Bonchev–Trinajstić information content (AvgIpc) is 3.28. The molecule has 63 heavy (non-hydrogen) atoms. The van der Waals surface area contributed by atoms with Gasteiger partial charge >= 0.3 is 17.9 Å². The first-order chi connectivity index (χ1) is 31.0. The molecule has 6 heteroatoms. The Morgan fingerprint density at radius 2 is 0.587 bits per heavy atom.